The van der Waals surface area contributed by atoms with Crippen molar-refractivity contribution in [3.05, 3.63) is 137 Å². The monoisotopic (exact) mass is 1030 g/mol. The average molecular weight is 1030 g/mol. The van der Waals surface area contributed by atoms with Gasteiger partial charge in [0.05, 0.1) is 19.2 Å². The predicted octanol–water partition coefficient (Wildman–Crippen LogP) is 14.5. The Kier molecular flexibility index (Phi) is 18.7. The predicted molar refractivity (Wildman–Crippen MR) is 310 cm³/mol. The van der Waals surface area contributed by atoms with E-state index < -0.39 is 17.5 Å². The highest BCUT2D eigenvalue weighted by molar-refractivity contribution is 6.10. The van der Waals surface area contributed by atoms with Crippen LogP contribution in [0.15, 0.2) is 109 Å². The van der Waals surface area contributed by atoms with Gasteiger partial charge in [-0.25, -0.2) is 4.79 Å². The Morgan fingerprint density at radius 2 is 1.38 bits per heavy atom. The van der Waals surface area contributed by atoms with Gasteiger partial charge in [-0.05, 0) is 84.7 Å². The van der Waals surface area contributed by atoms with E-state index in [0.717, 1.165) is 70.9 Å². The first kappa shape index (κ1) is 55.7. The second-order valence-electron chi connectivity index (χ2n) is 21.9. The molecule has 10 heteroatoms. The van der Waals surface area contributed by atoms with Gasteiger partial charge in [-0.2, -0.15) is 0 Å². The van der Waals surface area contributed by atoms with E-state index in [1.54, 1.807) is 6.92 Å². The van der Waals surface area contributed by atoms with Crippen molar-refractivity contribution in [1.29, 1.82) is 0 Å². The Morgan fingerprint density at radius 1 is 0.750 bits per heavy atom. The van der Waals surface area contributed by atoms with E-state index in [4.69, 9.17) is 18.9 Å². The maximum atomic E-state index is 13.4. The summed E-state index contributed by atoms with van der Waals surface area (Å²) < 4.78 is 24.5. The second-order valence-corrected chi connectivity index (χ2v) is 21.9. The summed E-state index contributed by atoms with van der Waals surface area (Å²) in [5.41, 5.74) is 9.61. The van der Waals surface area contributed by atoms with Crippen molar-refractivity contribution in [3.8, 4) is 22.6 Å². The number of carbonyl (C=O) groups is 3. The quantitative estimate of drug-likeness (QED) is 0.0305. The number of piperazine rings is 1. The summed E-state index contributed by atoms with van der Waals surface area (Å²) >= 11 is 0. The molecular weight excluding hydrogens is 947 g/mol. The van der Waals surface area contributed by atoms with Gasteiger partial charge in [0.15, 0.2) is 5.60 Å². The number of amides is 1. The molecule has 0 spiro atoms. The molecule has 3 aliphatic rings. The molecule has 2 unspecified atom stereocenters. The topological polar surface area (TPSA) is 97.8 Å². The highest BCUT2D eigenvalue weighted by Crippen LogP contribution is 2.59. The van der Waals surface area contributed by atoms with Gasteiger partial charge >= 0.3 is 11.9 Å². The minimum absolute atomic E-state index is 0.0404. The lowest BCUT2D eigenvalue weighted by molar-refractivity contribution is -0.151. The van der Waals surface area contributed by atoms with Crippen LogP contribution in [-0.2, 0) is 34.9 Å². The summed E-state index contributed by atoms with van der Waals surface area (Å²) in [6.07, 6.45) is 19.6. The SMILES string of the molecule is C=C(C)C(=O)OCCOC(=O)CCC(=O)N1CCN(c2ccc(C3(c4ccccc4)C=Cc4c5c(c6cc(N(CCCCCCCC)CCCCCCCC)c(OC)cc6c4O3)-c3ccccc3C5(C)C)cc2)CC1C. The number of esters is 2. The summed E-state index contributed by atoms with van der Waals surface area (Å²) in [5, 5.41) is 2.23. The lowest BCUT2D eigenvalue weighted by Gasteiger charge is -2.41. The zero-order valence-corrected chi connectivity index (χ0v) is 46.6. The van der Waals surface area contributed by atoms with Gasteiger partial charge in [-0.15, -0.1) is 0 Å². The van der Waals surface area contributed by atoms with Crippen molar-refractivity contribution in [2.75, 3.05) is 62.8 Å². The van der Waals surface area contributed by atoms with Crippen molar-refractivity contribution in [2.24, 2.45) is 0 Å². The molecule has 2 heterocycles. The van der Waals surface area contributed by atoms with Gasteiger partial charge in [0.25, 0.3) is 0 Å². The number of rotatable bonds is 26. The first-order valence-electron chi connectivity index (χ1n) is 28.5. The second kappa shape index (κ2) is 25.5. The molecule has 2 atom stereocenters. The van der Waals surface area contributed by atoms with Crippen LogP contribution in [0.3, 0.4) is 0 Å². The first-order chi connectivity index (χ1) is 36.8. The van der Waals surface area contributed by atoms with Crippen LogP contribution in [-0.4, -0.2) is 81.8 Å². The molecule has 0 N–H and O–H groups in total. The van der Waals surface area contributed by atoms with E-state index in [1.807, 2.05) is 12.0 Å². The number of unbranched alkanes of at least 4 members (excludes halogenated alkanes) is 10. The normalized spacial score (nSPS) is 17.1. The summed E-state index contributed by atoms with van der Waals surface area (Å²) in [4.78, 5) is 44.2. The van der Waals surface area contributed by atoms with Gasteiger partial charge in [-0.1, -0.05) is 171 Å². The van der Waals surface area contributed by atoms with Gasteiger partial charge in [-0.3, -0.25) is 9.59 Å². The number of carbonyl (C=O) groups excluding carboxylic acids is 3. The number of hydrogen-bond acceptors (Lipinski definition) is 9. The third-order valence-electron chi connectivity index (χ3n) is 16.0. The van der Waals surface area contributed by atoms with E-state index in [0.29, 0.717) is 19.6 Å². The molecule has 0 bridgehead atoms. The lowest BCUT2D eigenvalue weighted by Crippen LogP contribution is -2.54. The third kappa shape index (κ3) is 12.2. The highest BCUT2D eigenvalue weighted by Gasteiger charge is 2.45. The van der Waals surface area contributed by atoms with Crippen LogP contribution in [0.1, 0.15) is 159 Å². The lowest BCUT2D eigenvalue weighted by atomic mass is 9.76. The molecule has 0 aromatic heterocycles. The molecule has 404 valence electrons. The van der Waals surface area contributed by atoms with Crippen molar-refractivity contribution < 1.29 is 33.3 Å². The van der Waals surface area contributed by atoms with Crippen LogP contribution in [0.25, 0.3) is 28.0 Å². The fraction of sp³-hybridized carbons (Fsp3) is 0.470. The molecule has 1 saturated heterocycles. The van der Waals surface area contributed by atoms with E-state index in [-0.39, 0.29) is 49.0 Å². The number of fused-ring (bicyclic) bond motifs is 8. The minimum atomic E-state index is -0.953. The van der Waals surface area contributed by atoms with E-state index >= 15 is 0 Å². The standard InChI is InChI=1S/C66H83N3O7/c1-9-11-13-15-17-24-38-67(39-25-18-16-14-12-10-2)57-44-54-55(45-58(57)73-8)63-53(62-61(54)52-28-22-23-29-56(52)65(62,6)7)36-37-66(76-63,49-26-20-19-21-27-49)50-30-32-51(33-31-50)68-40-41-69(48(5)46-68)59(70)34-35-60(71)74-42-43-75-64(72)47(3)4/h19-23,26-33,36-37,44-45,48H,3,9-18,24-25,34-35,38-43,46H2,1-2,4-8H3. The molecule has 8 rings (SSSR count). The minimum Gasteiger partial charge on any atom is -0.495 e. The maximum absolute atomic E-state index is 13.4. The number of benzene rings is 5. The molecule has 1 aliphatic carbocycles. The Bertz CT molecular complexity index is 2840. The van der Waals surface area contributed by atoms with Gasteiger partial charge < -0.3 is 33.6 Å². The van der Waals surface area contributed by atoms with Crippen molar-refractivity contribution >= 4 is 46.1 Å². The highest BCUT2D eigenvalue weighted by atomic mass is 16.6. The molecule has 0 saturated carbocycles. The van der Waals surface area contributed by atoms with Crippen LogP contribution in [0.2, 0.25) is 0 Å². The fourth-order valence-corrected chi connectivity index (χ4v) is 11.9. The van der Waals surface area contributed by atoms with Crippen LogP contribution in [0, 0.1) is 0 Å². The molecule has 1 amide bonds. The third-order valence-corrected chi connectivity index (χ3v) is 16.0. The number of hydrogen-bond donors (Lipinski definition) is 0. The largest absolute Gasteiger partial charge is 0.495 e. The molecule has 5 aromatic rings. The Hall–Kier alpha value is -6.55. The van der Waals surface area contributed by atoms with Gasteiger partial charge in [0.1, 0.15) is 24.7 Å². The number of methoxy groups -OCH3 is 1. The number of anilines is 2. The number of ether oxygens (including phenoxy) is 4. The molecule has 1 fully saturated rings. The average Bonchev–Trinajstić information content (AvgIpc) is 3.91. The maximum Gasteiger partial charge on any atom is 0.333 e. The smallest absolute Gasteiger partial charge is 0.333 e. The van der Waals surface area contributed by atoms with Crippen molar-refractivity contribution in [3.63, 3.8) is 0 Å². The molecule has 2 aliphatic heterocycles. The van der Waals surface area contributed by atoms with Crippen LogP contribution in [0.4, 0.5) is 11.4 Å². The van der Waals surface area contributed by atoms with E-state index in [9.17, 15) is 14.4 Å². The molecular formula is C66H83N3O7. The van der Waals surface area contributed by atoms with Crippen LogP contribution < -0.4 is 19.3 Å². The van der Waals surface area contributed by atoms with Crippen molar-refractivity contribution in [2.45, 2.75) is 148 Å². The zero-order valence-electron chi connectivity index (χ0n) is 46.6. The molecule has 10 nitrogen and oxygen atoms in total. The zero-order chi connectivity index (χ0) is 53.8. The number of nitrogens with zero attached hydrogens (tertiary/aromatic N) is 3. The Morgan fingerprint density at radius 3 is 2.04 bits per heavy atom. The summed E-state index contributed by atoms with van der Waals surface area (Å²) in [6.45, 7) is 20.1. The Balaban J connectivity index is 1.10. The summed E-state index contributed by atoms with van der Waals surface area (Å²) in [6, 6.07) is 32.9. The molecule has 76 heavy (non-hydrogen) atoms. The van der Waals surface area contributed by atoms with E-state index in [1.165, 1.54) is 91.8 Å². The molecule has 0 radical (unpaired) electrons. The van der Waals surface area contributed by atoms with Gasteiger partial charge in [0, 0.05) is 83.9 Å². The summed E-state index contributed by atoms with van der Waals surface area (Å²) in [7, 11) is 1.82. The first-order valence-corrected chi connectivity index (χ1v) is 28.5. The van der Waals surface area contributed by atoms with E-state index in [2.05, 4.69) is 154 Å². The van der Waals surface area contributed by atoms with Crippen LogP contribution >= 0.6 is 0 Å². The van der Waals surface area contributed by atoms with Crippen molar-refractivity contribution in [1.82, 2.24) is 4.90 Å². The fourth-order valence-electron chi connectivity index (χ4n) is 11.9. The summed E-state index contributed by atoms with van der Waals surface area (Å²) in [5.74, 6) is 0.617. The van der Waals surface area contributed by atoms with Crippen LogP contribution in [0.5, 0.6) is 11.5 Å². The molecule has 5 aromatic carbocycles. The Labute approximate surface area is 453 Å². The van der Waals surface area contributed by atoms with Gasteiger partial charge in [0.2, 0.25) is 5.91 Å².